The Hall–Kier alpha value is -1.88. The van der Waals surface area contributed by atoms with E-state index in [0.717, 1.165) is 11.1 Å². The van der Waals surface area contributed by atoms with Gasteiger partial charge in [-0.05, 0) is 25.8 Å². The number of aryl methyl sites for hydroxylation is 2. The van der Waals surface area contributed by atoms with Crippen LogP contribution in [0, 0.1) is 6.92 Å². The number of carbonyl (C=O) groups is 2. The summed E-state index contributed by atoms with van der Waals surface area (Å²) in [5, 5.41) is 11.7. The second-order valence-electron chi connectivity index (χ2n) is 5.60. The molecule has 0 spiro atoms. The minimum Gasteiger partial charge on any atom is -0.481 e. The van der Waals surface area contributed by atoms with Gasteiger partial charge in [-0.25, -0.2) is 0 Å². The number of hydrogen-bond donors (Lipinski definition) is 2. The van der Waals surface area contributed by atoms with Crippen LogP contribution in [0.3, 0.4) is 0 Å². The first-order valence-electron chi connectivity index (χ1n) is 6.92. The molecule has 0 aliphatic rings. The zero-order chi connectivity index (χ0) is 15.9. The predicted octanol–water partition coefficient (Wildman–Crippen LogP) is 1.92. The number of aliphatic carboxylic acids is 1. The number of carbonyl (C=O) groups excluding carboxylic acids is 1. The Morgan fingerprint density at radius 1 is 1.38 bits per heavy atom. The average molecular weight is 293 g/mol. The van der Waals surface area contributed by atoms with Crippen LogP contribution in [0.4, 0.5) is 0 Å². The molecule has 116 valence electrons. The maximum absolute atomic E-state index is 12.0. The van der Waals surface area contributed by atoms with E-state index in [0.29, 0.717) is 12.8 Å². The number of nitrogens with one attached hydrogen (secondary N) is 1. The molecule has 21 heavy (non-hydrogen) atoms. The summed E-state index contributed by atoms with van der Waals surface area (Å²) in [6.45, 7) is 3.84. The number of hydrogen-bond acceptors (Lipinski definition) is 3. The lowest BCUT2D eigenvalue weighted by molar-refractivity contribution is -0.139. The molecule has 5 nitrogen and oxygen atoms in total. The van der Waals surface area contributed by atoms with E-state index in [2.05, 4.69) is 5.32 Å². The van der Waals surface area contributed by atoms with Gasteiger partial charge in [0.05, 0.1) is 18.6 Å². The van der Waals surface area contributed by atoms with Crippen LogP contribution >= 0.6 is 0 Å². The molecule has 0 saturated heterocycles. The van der Waals surface area contributed by atoms with Crippen molar-refractivity contribution in [3.63, 3.8) is 0 Å². The molecule has 1 rings (SSSR count). The minimum absolute atomic E-state index is 0.162. The van der Waals surface area contributed by atoms with Crippen LogP contribution in [0.1, 0.15) is 30.9 Å². The molecule has 1 atom stereocenters. The number of rotatable bonds is 8. The summed E-state index contributed by atoms with van der Waals surface area (Å²) in [5.41, 5.74) is 1.37. The van der Waals surface area contributed by atoms with Crippen LogP contribution < -0.4 is 5.32 Å². The molecule has 1 unspecified atom stereocenters. The fourth-order valence-corrected chi connectivity index (χ4v) is 2.31. The van der Waals surface area contributed by atoms with Crippen molar-refractivity contribution in [1.82, 2.24) is 5.32 Å². The molecular weight excluding hydrogens is 270 g/mol. The Balaban J connectivity index is 2.56. The SMILES string of the molecule is COCC(C)(CC(=O)O)NC(=O)CCc1cccc(C)c1. The molecule has 0 aliphatic carbocycles. The first kappa shape index (κ1) is 17.2. The second kappa shape index (κ2) is 7.78. The Bertz CT molecular complexity index is 501. The average Bonchev–Trinajstić information content (AvgIpc) is 2.35. The monoisotopic (exact) mass is 293 g/mol. The highest BCUT2D eigenvalue weighted by Gasteiger charge is 2.29. The molecule has 5 heteroatoms. The van der Waals surface area contributed by atoms with E-state index in [9.17, 15) is 9.59 Å². The third-order valence-corrected chi connectivity index (χ3v) is 3.17. The van der Waals surface area contributed by atoms with Gasteiger partial charge in [-0.15, -0.1) is 0 Å². The van der Waals surface area contributed by atoms with Gasteiger partial charge in [0.2, 0.25) is 5.91 Å². The van der Waals surface area contributed by atoms with Crippen LogP contribution in [-0.2, 0) is 20.7 Å². The lowest BCUT2D eigenvalue weighted by atomic mass is 9.98. The van der Waals surface area contributed by atoms with Crippen LogP contribution in [-0.4, -0.2) is 36.2 Å². The first-order valence-corrected chi connectivity index (χ1v) is 6.92. The van der Waals surface area contributed by atoms with Gasteiger partial charge in [0, 0.05) is 13.5 Å². The van der Waals surface area contributed by atoms with Gasteiger partial charge in [0.1, 0.15) is 0 Å². The largest absolute Gasteiger partial charge is 0.481 e. The molecule has 2 N–H and O–H groups in total. The molecule has 0 aromatic heterocycles. The molecule has 0 radical (unpaired) electrons. The zero-order valence-corrected chi connectivity index (χ0v) is 12.8. The fraction of sp³-hybridized carbons (Fsp3) is 0.500. The van der Waals surface area contributed by atoms with Crippen molar-refractivity contribution in [2.24, 2.45) is 0 Å². The zero-order valence-electron chi connectivity index (χ0n) is 12.8. The van der Waals surface area contributed by atoms with E-state index in [-0.39, 0.29) is 18.9 Å². The summed E-state index contributed by atoms with van der Waals surface area (Å²) in [5.74, 6) is -1.13. The number of methoxy groups -OCH3 is 1. The van der Waals surface area contributed by atoms with Crippen molar-refractivity contribution in [3.8, 4) is 0 Å². The highest BCUT2D eigenvalue weighted by Crippen LogP contribution is 2.12. The lowest BCUT2D eigenvalue weighted by Crippen LogP contribution is -2.50. The first-order chi connectivity index (χ1) is 9.84. The van der Waals surface area contributed by atoms with Crippen molar-refractivity contribution in [3.05, 3.63) is 35.4 Å². The second-order valence-corrected chi connectivity index (χ2v) is 5.60. The lowest BCUT2D eigenvalue weighted by Gasteiger charge is -2.28. The van der Waals surface area contributed by atoms with E-state index >= 15 is 0 Å². The standard InChI is InChI=1S/C16H23NO4/c1-12-5-4-6-13(9-12)7-8-14(18)17-16(2,11-21-3)10-15(19)20/h4-6,9H,7-8,10-11H2,1-3H3,(H,17,18)(H,19,20). The quantitative estimate of drug-likeness (QED) is 0.768. The van der Waals surface area contributed by atoms with Crippen LogP contribution in [0.15, 0.2) is 24.3 Å². The van der Waals surface area contributed by atoms with Gasteiger partial charge in [-0.2, -0.15) is 0 Å². The molecule has 0 heterocycles. The van der Waals surface area contributed by atoms with Gasteiger partial charge < -0.3 is 15.2 Å². The third-order valence-electron chi connectivity index (χ3n) is 3.17. The molecule has 1 amide bonds. The van der Waals surface area contributed by atoms with Crippen molar-refractivity contribution in [2.75, 3.05) is 13.7 Å². The molecule has 1 aromatic carbocycles. The van der Waals surface area contributed by atoms with Crippen molar-refractivity contribution < 1.29 is 19.4 Å². The fourth-order valence-electron chi connectivity index (χ4n) is 2.31. The van der Waals surface area contributed by atoms with Gasteiger partial charge in [-0.1, -0.05) is 29.8 Å². The van der Waals surface area contributed by atoms with E-state index < -0.39 is 11.5 Å². The number of ether oxygens (including phenoxy) is 1. The van der Waals surface area contributed by atoms with Crippen LogP contribution in [0.5, 0.6) is 0 Å². The summed E-state index contributed by atoms with van der Waals surface area (Å²) in [4.78, 5) is 22.9. The number of carboxylic acids is 1. The molecular formula is C16H23NO4. The van der Waals surface area contributed by atoms with E-state index in [1.165, 1.54) is 7.11 Å². The topological polar surface area (TPSA) is 75.6 Å². The maximum atomic E-state index is 12.0. The predicted molar refractivity (Wildman–Crippen MR) is 80.2 cm³/mol. The Morgan fingerprint density at radius 3 is 2.67 bits per heavy atom. The smallest absolute Gasteiger partial charge is 0.305 e. The molecule has 0 fully saturated rings. The van der Waals surface area contributed by atoms with Gasteiger partial charge in [0.15, 0.2) is 0 Å². The highest BCUT2D eigenvalue weighted by atomic mass is 16.5. The van der Waals surface area contributed by atoms with Crippen molar-refractivity contribution >= 4 is 11.9 Å². The summed E-state index contributed by atoms with van der Waals surface area (Å²) in [6, 6.07) is 7.99. The third kappa shape index (κ3) is 6.40. The molecule has 0 saturated carbocycles. The van der Waals surface area contributed by atoms with E-state index in [1.54, 1.807) is 6.92 Å². The van der Waals surface area contributed by atoms with Crippen LogP contribution in [0.25, 0.3) is 0 Å². The molecule has 0 aliphatic heterocycles. The molecule has 0 bridgehead atoms. The highest BCUT2D eigenvalue weighted by molar-refractivity contribution is 5.78. The Morgan fingerprint density at radius 2 is 2.10 bits per heavy atom. The number of amides is 1. The summed E-state index contributed by atoms with van der Waals surface area (Å²) >= 11 is 0. The van der Waals surface area contributed by atoms with E-state index in [4.69, 9.17) is 9.84 Å². The van der Waals surface area contributed by atoms with Crippen molar-refractivity contribution in [1.29, 1.82) is 0 Å². The number of benzene rings is 1. The van der Waals surface area contributed by atoms with Crippen LogP contribution in [0.2, 0.25) is 0 Å². The minimum atomic E-state index is -0.964. The molecule has 1 aromatic rings. The van der Waals surface area contributed by atoms with Crippen molar-refractivity contribution in [2.45, 2.75) is 38.6 Å². The Kier molecular flexibility index (Phi) is 6.37. The summed E-state index contributed by atoms with van der Waals surface area (Å²) < 4.78 is 5.01. The van der Waals surface area contributed by atoms with Gasteiger partial charge >= 0.3 is 5.97 Å². The van der Waals surface area contributed by atoms with Gasteiger partial charge in [0.25, 0.3) is 0 Å². The summed E-state index contributed by atoms with van der Waals surface area (Å²) in [6.07, 6.45) is 0.781. The Labute approximate surface area is 125 Å². The maximum Gasteiger partial charge on any atom is 0.305 e. The van der Waals surface area contributed by atoms with Gasteiger partial charge in [-0.3, -0.25) is 9.59 Å². The summed E-state index contributed by atoms with van der Waals surface area (Å²) in [7, 11) is 1.49. The number of carboxylic acid groups (broad SMARTS) is 1. The normalized spacial score (nSPS) is 13.5. The van der Waals surface area contributed by atoms with E-state index in [1.807, 2.05) is 31.2 Å².